The summed E-state index contributed by atoms with van der Waals surface area (Å²) in [7, 11) is -4.32. The fraction of sp³-hybridized carbons (Fsp3) is 0.136. The monoisotopic (exact) mass is 567 g/mol. The molecule has 4 rings (SSSR count). The van der Waals surface area contributed by atoms with Gasteiger partial charge in [-0.1, -0.05) is 45.2 Å². The Labute approximate surface area is 209 Å². The van der Waals surface area contributed by atoms with Crippen LogP contribution in [0.3, 0.4) is 0 Å². The molecule has 3 aromatic rings. The van der Waals surface area contributed by atoms with Crippen molar-refractivity contribution in [1.29, 1.82) is 0 Å². The molecule has 0 N–H and O–H groups in total. The third kappa shape index (κ3) is 4.83. The Kier molecular flexibility index (Phi) is 6.88. The summed E-state index contributed by atoms with van der Waals surface area (Å²) >= 11 is 15.5. The average Bonchev–Trinajstić information content (AvgIpc) is 3.08. The van der Waals surface area contributed by atoms with Crippen molar-refractivity contribution in [2.24, 2.45) is 0 Å². The second kappa shape index (κ2) is 9.52. The lowest BCUT2D eigenvalue weighted by atomic mass is 10.2. The van der Waals surface area contributed by atoms with Gasteiger partial charge in [0.15, 0.2) is 0 Å². The van der Waals surface area contributed by atoms with Gasteiger partial charge in [-0.05, 0) is 54.1 Å². The zero-order valence-corrected chi connectivity index (χ0v) is 20.8. The van der Waals surface area contributed by atoms with Gasteiger partial charge in [0, 0.05) is 28.4 Å². The second-order valence-corrected chi connectivity index (χ2v) is 10.9. The van der Waals surface area contributed by atoms with Crippen molar-refractivity contribution in [2.75, 3.05) is 4.90 Å². The number of nitrogens with zero attached hydrogens (tertiary/aromatic N) is 3. The summed E-state index contributed by atoms with van der Waals surface area (Å²) in [6, 6.07) is 12.7. The van der Waals surface area contributed by atoms with Gasteiger partial charge in [0.25, 0.3) is 5.91 Å². The van der Waals surface area contributed by atoms with Crippen molar-refractivity contribution >= 4 is 66.7 Å². The molecule has 2 heterocycles. The van der Waals surface area contributed by atoms with Crippen LogP contribution >= 0.6 is 39.1 Å². The van der Waals surface area contributed by atoms with E-state index in [1.165, 1.54) is 24.4 Å². The van der Waals surface area contributed by atoms with Gasteiger partial charge in [0.2, 0.25) is 15.9 Å². The van der Waals surface area contributed by atoms with Crippen molar-refractivity contribution in [1.82, 2.24) is 9.29 Å². The van der Waals surface area contributed by atoms with Crippen LogP contribution in [0.2, 0.25) is 10.0 Å². The maximum atomic E-state index is 13.7. The molecule has 1 aromatic heterocycles. The van der Waals surface area contributed by atoms with E-state index in [4.69, 9.17) is 23.2 Å². The molecule has 2 amide bonds. The predicted molar refractivity (Wildman–Crippen MR) is 128 cm³/mol. The number of sulfonamides is 1. The SMILES string of the molecule is O=C1CC(N(Cc2cccnc2)S(=O)(=O)c2cc(Cl)ccc2Cl)C(=O)N1c1ccc(Br)cc1. The summed E-state index contributed by atoms with van der Waals surface area (Å²) in [5.74, 6) is -1.15. The summed E-state index contributed by atoms with van der Waals surface area (Å²) < 4.78 is 29.2. The lowest BCUT2D eigenvalue weighted by molar-refractivity contribution is -0.122. The summed E-state index contributed by atoms with van der Waals surface area (Å²) in [5.41, 5.74) is 0.900. The van der Waals surface area contributed by atoms with E-state index in [-0.39, 0.29) is 27.9 Å². The highest BCUT2D eigenvalue weighted by Gasteiger charge is 2.47. The zero-order chi connectivity index (χ0) is 23.8. The number of benzene rings is 2. The van der Waals surface area contributed by atoms with Crippen LogP contribution in [0.25, 0.3) is 0 Å². The van der Waals surface area contributed by atoms with Crippen LogP contribution in [-0.4, -0.2) is 35.6 Å². The van der Waals surface area contributed by atoms with Crippen molar-refractivity contribution < 1.29 is 18.0 Å². The molecular formula is C22H16BrCl2N3O4S. The molecule has 1 aliphatic rings. The zero-order valence-electron chi connectivity index (χ0n) is 16.9. The first-order chi connectivity index (χ1) is 15.7. The van der Waals surface area contributed by atoms with E-state index in [1.807, 2.05) is 0 Å². The number of halogens is 3. The minimum atomic E-state index is -4.32. The van der Waals surface area contributed by atoms with Crippen molar-refractivity contribution in [2.45, 2.75) is 23.9 Å². The van der Waals surface area contributed by atoms with E-state index >= 15 is 0 Å². The molecule has 0 spiro atoms. The van der Waals surface area contributed by atoms with E-state index in [2.05, 4.69) is 20.9 Å². The minimum Gasteiger partial charge on any atom is -0.274 e. The molecule has 170 valence electrons. The summed E-state index contributed by atoms with van der Waals surface area (Å²) in [4.78, 5) is 31.0. The number of rotatable bonds is 6. The van der Waals surface area contributed by atoms with Gasteiger partial charge < -0.3 is 0 Å². The Morgan fingerprint density at radius 2 is 1.82 bits per heavy atom. The topological polar surface area (TPSA) is 87.6 Å². The number of amides is 2. The lowest BCUT2D eigenvalue weighted by Gasteiger charge is -2.27. The van der Waals surface area contributed by atoms with Crippen LogP contribution < -0.4 is 4.90 Å². The smallest absolute Gasteiger partial charge is 0.252 e. The van der Waals surface area contributed by atoms with Crippen molar-refractivity contribution in [3.8, 4) is 0 Å². The normalized spacial score (nSPS) is 16.6. The van der Waals surface area contributed by atoms with Crippen LogP contribution in [0, 0.1) is 0 Å². The highest BCUT2D eigenvalue weighted by atomic mass is 79.9. The average molecular weight is 569 g/mol. The van der Waals surface area contributed by atoms with Crippen molar-refractivity contribution in [3.05, 3.63) is 87.1 Å². The van der Waals surface area contributed by atoms with Gasteiger partial charge in [-0.15, -0.1) is 0 Å². The van der Waals surface area contributed by atoms with E-state index < -0.39 is 27.9 Å². The third-order valence-corrected chi connectivity index (χ3v) is 8.20. The van der Waals surface area contributed by atoms with Gasteiger partial charge in [-0.25, -0.2) is 13.3 Å². The molecule has 0 bridgehead atoms. The van der Waals surface area contributed by atoms with E-state index in [0.717, 1.165) is 13.7 Å². The number of pyridine rings is 1. The van der Waals surface area contributed by atoms with E-state index in [0.29, 0.717) is 11.3 Å². The van der Waals surface area contributed by atoms with Gasteiger partial charge in [0.05, 0.1) is 17.1 Å². The van der Waals surface area contributed by atoms with Gasteiger partial charge in [0.1, 0.15) is 10.9 Å². The molecule has 33 heavy (non-hydrogen) atoms. The maximum Gasteiger partial charge on any atom is 0.252 e. The molecule has 11 heteroatoms. The number of anilines is 1. The Morgan fingerprint density at radius 3 is 2.48 bits per heavy atom. The van der Waals surface area contributed by atoms with Crippen LogP contribution in [-0.2, 0) is 26.2 Å². The molecule has 1 aliphatic heterocycles. The first kappa shape index (κ1) is 23.8. The Hall–Kier alpha value is -2.30. The van der Waals surface area contributed by atoms with Gasteiger partial charge in [-0.3, -0.25) is 14.6 Å². The van der Waals surface area contributed by atoms with Crippen LogP contribution in [0.4, 0.5) is 5.69 Å². The molecule has 1 fully saturated rings. The van der Waals surface area contributed by atoms with E-state index in [9.17, 15) is 18.0 Å². The van der Waals surface area contributed by atoms with Gasteiger partial charge >= 0.3 is 0 Å². The molecule has 1 saturated heterocycles. The molecule has 7 nitrogen and oxygen atoms in total. The second-order valence-electron chi connectivity index (χ2n) is 7.25. The number of carbonyl (C=O) groups excluding carboxylic acids is 2. The molecular weight excluding hydrogens is 553 g/mol. The largest absolute Gasteiger partial charge is 0.274 e. The van der Waals surface area contributed by atoms with Gasteiger partial charge in [-0.2, -0.15) is 4.31 Å². The lowest BCUT2D eigenvalue weighted by Crippen LogP contribution is -2.45. The molecule has 2 aromatic carbocycles. The molecule has 0 aliphatic carbocycles. The van der Waals surface area contributed by atoms with Crippen LogP contribution in [0.1, 0.15) is 12.0 Å². The molecule has 1 unspecified atom stereocenters. The Bertz CT molecular complexity index is 1320. The Balaban J connectivity index is 1.78. The highest BCUT2D eigenvalue weighted by molar-refractivity contribution is 9.10. The number of hydrogen-bond acceptors (Lipinski definition) is 5. The first-order valence-corrected chi connectivity index (χ1v) is 12.7. The fourth-order valence-electron chi connectivity index (χ4n) is 3.54. The maximum absolute atomic E-state index is 13.7. The summed E-state index contributed by atoms with van der Waals surface area (Å²) in [5, 5.41) is 0.127. The molecule has 0 saturated carbocycles. The highest BCUT2D eigenvalue weighted by Crippen LogP contribution is 2.34. The summed E-state index contributed by atoms with van der Waals surface area (Å²) in [6.07, 6.45) is 2.73. The number of carbonyl (C=O) groups is 2. The molecule has 1 atom stereocenters. The van der Waals surface area contributed by atoms with Crippen molar-refractivity contribution in [3.63, 3.8) is 0 Å². The number of imide groups is 1. The minimum absolute atomic E-state index is 0.0443. The third-order valence-electron chi connectivity index (χ3n) is 5.10. The molecule has 0 radical (unpaired) electrons. The predicted octanol–water partition coefficient (Wildman–Crippen LogP) is 4.67. The number of hydrogen-bond donors (Lipinski definition) is 0. The van der Waals surface area contributed by atoms with E-state index in [1.54, 1.807) is 42.6 Å². The van der Waals surface area contributed by atoms with Crippen LogP contribution in [0.15, 0.2) is 76.4 Å². The quantitative estimate of drug-likeness (QED) is 0.403. The fourth-order valence-corrected chi connectivity index (χ4v) is 6.11. The van der Waals surface area contributed by atoms with Crippen LogP contribution in [0.5, 0.6) is 0 Å². The summed E-state index contributed by atoms with van der Waals surface area (Å²) in [6.45, 7) is -0.184. The standard InChI is InChI=1S/C22H16BrCl2N3O4S/c23-15-3-6-17(7-4-15)28-21(29)11-19(22(28)30)27(13-14-2-1-9-26-12-14)33(31,32)20-10-16(24)5-8-18(20)25/h1-10,12,19H,11,13H2. The number of aromatic nitrogens is 1. The first-order valence-electron chi connectivity index (χ1n) is 9.66. The Morgan fingerprint density at radius 1 is 1.09 bits per heavy atom.